The molecule has 0 saturated heterocycles. The second kappa shape index (κ2) is 4.21. The lowest BCUT2D eigenvalue weighted by atomic mass is 10.2. The first-order valence-electron chi connectivity index (χ1n) is 4.79. The van der Waals surface area contributed by atoms with E-state index in [-0.39, 0.29) is 0 Å². The third-order valence-corrected chi connectivity index (χ3v) is 2.20. The maximum Gasteiger partial charge on any atom is 0.244 e. The molecule has 5 heteroatoms. The van der Waals surface area contributed by atoms with Gasteiger partial charge in [-0.05, 0) is 13.0 Å². The minimum atomic E-state index is -0.418. The first-order chi connectivity index (χ1) is 7.72. The van der Waals surface area contributed by atoms with Crippen LogP contribution in [0.3, 0.4) is 0 Å². The van der Waals surface area contributed by atoms with Crippen LogP contribution in [0.5, 0.6) is 0 Å². The summed E-state index contributed by atoms with van der Waals surface area (Å²) < 4.78 is 10.2. The van der Waals surface area contributed by atoms with Gasteiger partial charge >= 0.3 is 0 Å². The molecule has 0 radical (unpaired) electrons. The molecule has 0 saturated carbocycles. The lowest BCUT2D eigenvalue weighted by Crippen LogP contribution is -2.09. The number of hydrogen-bond acceptors (Lipinski definition) is 5. The molecule has 0 spiro atoms. The number of hydrogen-bond donors (Lipinski definition) is 1. The largest absolute Gasteiger partial charge is 0.469 e. The van der Waals surface area contributed by atoms with Crippen LogP contribution < -0.4 is 5.73 Å². The number of aryl methyl sites for hydroxylation is 1. The summed E-state index contributed by atoms with van der Waals surface area (Å²) >= 11 is 0. The van der Waals surface area contributed by atoms with Crippen molar-refractivity contribution in [1.82, 2.24) is 10.1 Å². The molecule has 2 aromatic heterocycles. The standard InChI is InChI=1S/C11H11N3O2/c1-3-4-9(12)11-13-10(14-16-11)8-5-6-15-7(8)2/h1,5-6,9H,4,12H2,2H3. The predicted octanol–water partition coefficient (Wildman–Crippen LogP) is 1.66. The van der Waals surface area contributed by atoms with Crippen molar-refractivity contribution < 1.29 is 8.94 Å². The minimum absolute atomic E-state index is 0.341. The molecule has 1 atom stereocenters. The Morgan fingerprint density at radius 1 is 1.62 bits per heavy atom. The Hall–Kier alpha value is -2.06. The molecule has 1 unspecified atom stereocenters. The predicted molar refractivity (Wildman–Crippen MR) is 57.1 cm³/mol. The first-order valence-corrected chi connectivity index (χ1v) is 4.79. The Bertz CT molecular complexity index is 521. The molecule has 16 heavy (non-hydrogen) atoms. The molecule has 82 valence electrons. The van der Waals surface area contributed by atoms with Crippen LogP contribution in [-0.2, 0) is 0 Å². The third kappa shape index (κ3) is 1.83. The normalized spacial score (nSPS) is 12.3. The van der Waals surface area contributed by atoms with Gasteiger partial charge in [0.25, 0.3) is 0 Å². The van der Waals surface area contributed by atoms with Crippen LogP contribution in [-0.4, -0.2) is 10.1 Å². The van der Waals surface area contributed by atoms with Gasteiger partial charge in [0, 0.05) is 6.42 Å². The van der Waals surface area contributed by atoms with Crippen LogP contribution in [0.25, 0.3) is 11.4 Å². The maximum atomic E-state index is 5.75. The molecule has 2 N–H and O–H groups in total. The Labute approximate surface area is 92.6 Å². The number of rotatable bonds is 3. The van der Waals surface area contributed by atoms with Gasteiger partial charge < -0.3 is 14.7 Å². The van der Waals surface area contributed by atoms with Gasteiger partial charge in [-0.25, -0.2) is 0 Å². The van der Waals surface area contributed by atoms with Crippen LogP contribution in [0.2, 0.25) is 0 Å². The smallest absolute Gasteiger partial charge is 0.244 e. The van der Waals surface area contributed by atoms with Crippen LogP contribution >= 0.6 is 0 Å². The van der Waals surface area contributed by atoms with Crippen LogP contribution in [0.15, 0.2) is 21.3 Å². The van der Waals surface area contributed by atoms with E-state index in [2.05, 4.69) is 16.1 Å². The van der Waals surface area contributed by atoms with Crippen molar-refractivity contribution in [1.29, 1.82) is 0 Å². The van der Waals surface area contributed by atoms with E-state index in [1.165, 1.54) is 0 Å². The van der Waals surface area contributed by atoms with Gasteiger partial charge in [-0.3, -0.25) is 0 Å². The highest BCUT2D eigenvalue weighted by molar-refractivity contribution is 5.56. The summed E-state index contributed by atoms with van der Waals surface area (Å²) in [5, 5.41) is 3.83. The Balaban J connectivity index is 2.27. The second-order valence-corrected chi connectivity index (χ2v) is 3.36. The van der Waals surface area contributed by atoms with Crippen molar-refractivity contribution in [2.24, 2.45) is 5.73 Å². The lowest BCUT2D eigenvalue weighted by Gasteiger charge is -1.98. The topological polar surface area (TPSA) is 78.1 Å². The molecule has 2 aromatic rings. The molecule has 2 heterocycles. The zero-order valence-electron chi connectivity index (χ0n) is 8.80. The summed E-state index contributed by atoms with van der Waals surface area (Å²) in [5.74, 6) is 3.99. The van der Waals surface area contributed by atoms with E-state index >= 15 is 0 Å². The fourth-order valence-corrected chi connectivity index (χ4v) is 1.33. The Morgan fingerprint density at radius 3 is 3.06 bits per heavy atom. The number of terminal acetylenes is 1. The summed E-state index contributed by atoms with van der Waals surface area (Å²) in [7, 11) is 0. The van der Waals surface area contributed by atoms with Crippen LogP contribution in [0, 0.1) is 19.3 Å². The van der Waals surface area contributed by atoms with Crippen LogP contribution in [0.4, 0.5) is 0 Å². The van der Waals surface area contributed by atoms with Crippen molar-refractivity contribution in [3.63, 3.8) is 0 Å². The third-order valence-electron chi connectivity index (χ3n) is 2.20. The van der Waals surface area contributed by atoms with E-state index in [0.29, 0.717) is 18.1 Å². The quantitative estimate of drug-likeness (QED) is 0.791. The molecule has 0 aliphatic rings. The van der Waals surface area contributed by atoms with E-state index < -0.39 is 6.04 Å². The van der Waals surface area contributed by atoms with E-state index in [9.17, 15) is 0 Å². The van der Waals surface area contributed by atoms with Crippen molar-refractivity contribution >= 4 is 0 Å². The molecular formula is C11H11N3O2. The highest BCUT2D eigenvalue weighted by Gasteiger charge is 2.16. The summed E-state index contributed by atoms with van der Waals surface area (Å²) in [6.07, 6.45) is 7.10. The van der Waals surface area contributed by atoms with Crippen molar-refractivity contribution in [2.75, 3.05) is 0 Å². The molecular weight excluding hydrogens is 206 g/mol. The molecule has 2 rings (SSSR count). The van der Waals surface area contributed by atoms with Gasteiger partial charge in [-0.2, -0.15) is 4.98 Å². The van der Waals surface area contributed by atoms with E-state index in [4.69, 9.17) is 21.1 Å². The molecule has 0 aliphatic heterocycles. The van der Waals surface area contributed by atoms with Crippen molar-refractivity contribution in [2.45, 2.75) is 19.4 Å². The van der Waals surface area contributed by atoms with Crippen molar-refractivity contribution in [3.05, 3.63) is 24.0 Å². The van der Waals surface area contributed by atoms with Crippen LogP contribution in [0.1, 0.15) is 24.1 Å². The number of nitrogens with zero attached hydrogens (tertiary/aromatic N) is 2. The highest BCUT2D eigenvalue weighted by Crippen LogP contribution is 2.22. The summed E-state index contributed by atoms with van der Waals surface area (Å²) in [6, 6.07) is 1.36. The first kappa shape index (κ1) is 10.5. The van der Waals surface area contributed by atoms with Gasteiger partial charge in [-0.1, -0.05) is 5.16 Å². The summed E-state index contributed by atoms with van der Waals surface area (Å²) in [5.41, 5.74) is 6.54. The molecule has 0 amide bonds. The Kier molecular flexibility index (Phi) is 2.75. The highest BCUT2D eigenvalue weighted by atomic mass is 16.5. The zero-order chi connectivity index (χ0) is 11.5. The molecule has 0 bridgehead atoms. The maximum absolute atomic E-state index is 5.75. The van der Waals surface area contributed by atoms with Gasteiger partial charge in [-0.15, -0.1) is 12.3 Å². The molecule has 0 aromatic carbocycles. The molecule has 5 nitrogen and oxygen atoms in total. The summed E-state index contributed by atoms with van der Waals surface area (Å²) in [6.45, 7) is 1.83. The molecule has 0 fully saturated rings. The van der Waals surface area contributed by atoms with E-state index in [0.717, 1.165) is 11.3 Å². The second-order valence-electron chi connectivity index (χ2n) is 3.36. The van der Waals surface area contributed by atoms with Gasteiger partial charge in [0.2, 0.25) is 11.7 Å². The van der Waals surface area contributed by atoms with Crippen molar-refractivity contribution in [3.8, 4) is 23.7 Å². The SMILES string of the molecule is C#CCC(N)c1nc(-c2ccoc2C)no1. The number of aromatic nitrogens is 2. The minimum Gasteiger partial charge on any atom is -0.469 e. The summed E-state index contributed by atoms with van der Waals surface area (Å²) in [4.78, 5) is 4.17. The lowest BCUT2D eigenvalue weighted by molar-refractivity contribution is 0.356. The zero-order valence-corrected chi connectivity index (χ0v) is 8.80. The number of furan rings is 1. The monoisotopic (exact) mass is 217 g/mol. The fraction of sp³-hybridized carbons (Fsp3) is 0.273. The van der Waals surface area contributed by atoms with E-state index in [1.54, 1.807) is 12.3 Å². The van der Waals surface area contributed by atoms with Gasteiger partial charge in [0.15, 0.2) is 0 Å². The Morgan fingerprint density at radius 2 is 2.44 bits per heavy atom. The van der Waals surface area contributed by atoms with E-state index in [1.807, 2.05) is 6.92 Å². The molecule has 0 aliphatic carbocycles. The van der Waals surface area contributed by atoms with Gasteiger partial charge in [0.1, 0.15) is 5.76 Å². The van der Waals surface area contributed by atoms with Gasteiger partial charge in [0.05, 0.1) is 17.9 Å². The fourth-order valence-electron chi connectivity index (χ4n) is 1.33. The average molecular weight is 217 g/mol. The average Bonchev–Trinajstić information content (AvgIpc) is 2.86. The number of nitrogens with two attached hydrogens (primary N) is 1.